The smallest absolute Gasteiger partial charge is 0.387 e. The Morgan fingerprint density at radius 2 is 1.91 bits per heavy atom. The van der Waals surface area contributed by atoms with Crippen LogP contribution in [-0.2, 0) is 17.6 Å². The standard InChI is InChI=1S/C17H14F2N2O2/c18-17(19)23-15-6-4-12(5-7-15)10-14(22)11-13-2-1-3-16-20-8-9-21(13)16/h1-9,17H,10-11H2. The normalized spacial score (nSPS) is 11.1. The van der Waals surface area contributed by atoms with Crippen LogP contribution in [-0.4, -0.2) is 21.8 Å². The van der Waals surface area contributed by atoms with Crippen LogP contribution in [0.3, 0.4) is 0 Å². The summed E-state index contributed by atoms with van der Waals surface area (Å²) in [6, 6.07) is 11.7. The lowest BCUT2D eigenvalue weighted by atomic mass is 10.1. The van der Waals surface area contributed by atoms with E-state index in [-0.39, 0.29) is 24.4 Å². The van der Waals surface area contributed by atoms with Gasteiger partial charge in [-0.1, -0.05) is 18.2 Å². The van der Waals surface area contributed by atoms with E-state index in [1.165, 1.54) is 12.1 Å². The number of carbonyl (C=O) groups is 1. The molecule has 0 amide bonds. The van der Waals surface area contributed by atoms with Crippen LogP contribution in [0.15, 0.2) is 54.9 Å². The van der Waals surface area contributed by atoms with Crippen molar-refractivity contribution >= 4 is 11.4 Å². The first-order valence-corrected chi connectivity index (χ1v) is 7.08. The second-order valence-electron chi connectivity index (χ2n) is 5.09. The summed E-state index contributed by atoms with van der Waals surface area (Å²) in [4.78, 5) is 16.4. The molecule has 4 nitrogen and oxygen atoms in total. The van der Waals surface area contributed by atoms with Gasteiger partial charge in [-0.25, -0.2) is 4.98 Å². The minimum absolute atomic E-state index is 0.0359. The number of ether oxygens (including phenoxy) is 1. The maximum Gasteiger partial charge on any atom is 0.387 e. The maximum atomic E-state index is 12.2. The number of hydrogen-bond acceptors (Lipinski definition) is 3. The van der Waals surface area contributed by atoms with Crippen LogP contribution < -0.4 is 4.74 Å². The molecule has 0 unspecified atom stereocenters. The van der Waals surface area contributed by atoms with Gasteiger partial charge in [-0.3, -0.25) is 4.79 Å². The molecule has 2 heterocycles. The van der Waals surface area contributed by atoms with E-state index in [0.717, 1.165) is 16.9 Å². The number of nitrogens with zero attached hydrogens (tertiary/aromatic N) is 2. The van der Waals surface area contributed by atoms with E-state index in [1.807, 2.05) is 28.8 Å². The van der Waals surface area contributed by atoms with Crippen molar-refractivity contribution in [2.75, 3.05) is 0 Å². The molecule has 23 heavy (non-hydrogen) atoms. The van der Waals surface area contributed by atoms with Crippen LogP contribution in [0.4, 0.5) is 8.78 Å². The second kappa shape index (κ2) is 6.56. The molecule has 118 valence electrons. The lowest BCUT2D eigenvalue weighted by Gasteiger charge is -2.07. The molecule has 0 N–H and O–H groups in total. The van der Waals surface area contributed by atoms with Crippen LogP contribution in [0.5, 0.6) is 5.75 Å². The summed E-state index contributed by atoms with van der Waals surface area (Å²) >= 11 is 0. The Labute approximate surface area is 131 Å². The average molecular weight is 316 g/mol. The van der Waals surface area contributed by atoms with Gasteiger partial charge in [0.25, 0.3) is 0 Å². The molecule has 0 aliphatic heterocycles. The number of Topliss-reactive ketones (excluding diaryl/α,β-unsaturated/α-hetero) is 1. The zero-order valence-electron chi connectivity index (χ0n) is 12.2. The largest absolute Gasteiger partial charge is 0.435 e. The minimum Gasteiger partial charge on any atom is -0.435 e. The Hall–Kier alpha value is -2.76. The van der Waals surface area contributed by atoms with E-state index >= 15 is 0 Å². The molecule has 3 aromatic rings. The molecule has 0 fully saturated rings. The van der Waals surface area contributed by atoms with Crippen molar-refractivity contribution in [3.63, 3.8) is 0 Å². The molecule has 0 atom stereocenters. The topological polar surface area (TPSA) is 43.6 Å². The van der Waals surface area contributed by atoms with Crippen molar-refractivity contribution < 1.29 is 18.3 Å². The molecule has 3 rings (SSSR count). The van der Waals surface area contributed by atoms with Crippen LogP contribution in [0, 0.1) is 0 Å². The summed E-state index contributed by atoms with van der Waals surface area (Å²) < 4.78 is 30.3. The Morgan fingerprint density at radius 1 is 1.13 bits per heavy atom. The predicted octanol–water partition coefficient (Wildman–Crippen LogP) is 3.29. The summed E-state index contributed by atoms with van der Waals surface area (Å²) in [6.07, 6.45) is 4.02. The van der Waals surface area contributed by atoms with Gasteiger partial charge in [-0.05, 0) is 29.8 Å². The number of aromatic nitrogens is 2. The summed E-state index contributed by atoms with van der Waals surface area (Å²) in [6.45, 7) is -2.85. The highest BCUT2D eigenvalue weighted by molar-refractivity contribution is 5.83. The Morgan fingerprint density at radius 3 is 2.65 bits per heavy atom. The number of alkyl halides is 2. The molecule has 2 aromatic heterocycles. The molecule has 0 bridgehead atoms. The molecule has 0 aliphatic rings. The van der Waals surface area contributed by atoms with Crippen LogP contribution in [0.25, 0.3) is 5.65 Å². The number of benzene rings is 1. The second-order valence-corrected chi connectivity index (χ2v) is 5.09. The third-order valence-corrected chi connectivity index (χ3v) is 3.44. The van der Waals surface area contributed by atoms with Crippen LogP contribution in [0.1, 0.15) is 11.3 Å². The molecule has 0 saturated carbocycles. The third kappa shape index (κ3) is 3.71. The lowest BCUT2D eigenvalue weighted by Crippen LogP contribution is -2.09. The van der Waals surface area contributed by atoms with Gasteiger partial charge in [0.05, 0.1) is 0 Å². The van der Waals surface area contributed by atoms with Gasteiger partial charge in [0, 0.05) is 30.9 Å². The number of halogens is 2. The number of imidazole rings is 1. The molecule has 1 aromatic carbocycles. The van der Waals surface area contributed by atoms with Gasteiger partial charge in [0.15, 0.2) is 0 Å². The van der Waals surface area contributed by atoms with E-state index in [0.29, 0.717) is 0 Å². The van der Waals surface area contributed by atoms with Crippen LogP contribution in [0.2, 0.25) is 0 Å². The van der Waals surface area contributed by atoms with Gasteiger partial charge in [-0.2, -0.15) is 8.78 Å². The first kappa shape index (κ1) is 15.1. The average Bonchev–Trinajstić information content (AvgIpc) is 2.98. The number of hydrogen-bond donors (Lipinski definition) is 0. The Bertz CT molecular complexity index is 813. The number of fused-ring (bicyclic) bond motifs is 1. The number of ketones is 1. The third-order valence-electron chi connectivity index (χ3n) is 3.44. The summed E-state index contributed by atoms with van der Waals surface area (Å²) in [5, 5.41) is 0. The summed E-state index contributed by atoms with van der Waals surface area (Å²) in [7, 11) is 0. The fraction of sp³-hybridized carbons (Fsp3) is 0.176. The van der Waals surface area contributed by atoms with E-state index in [1.54, 1.807) is 18.3 Å². The van der Waals surface area contributed by atoms with Crippen molar-refractivity contribution in [1.29, 1.82) is 0 Å². The zero-order valence-corrected chi connectivity index (χ0v) is 12.2. The van der Waals surface area contributed by atoms with Gasteiger partial charge >= 0.3 is 6.61 Å². The van der Waals surface area contributed by atoms with Crippen molar-refractivity contribution in [2.45, 2.75) is 19.5 Å². The quantitative estimate of drug-likeness (QED) is 0.701. The highest BCUT2D eigenvalue weighted by atomic mass is 19.3. The molecule has 6 heteroatoms. The van der Waals surface area contributed by atoms with E-state index in [2.05, 4.69) is 9.72 Å². The summed E-state index contributed by atoms with van der Waals surface area (Å²) in [5.74, 6) is 0.119. The Kier molecular flexibility index (Phi) is 4.32. The van der Waals surface area contributed by atoms with Crippen molar-refractivity contribution in [3.05, 3.63) is 66.1 Å². The molecule has 0 aliphatic carbocycles. The van der Waals surface area contributed by atoms with E-state index < -0.39 is 6.61 Å². The van der Waals surface area contributed by atoms with Crippen molar-refractivity contribution in [2.24, 2.45) is 0 Å². The summed E-state index contributed by atoms with van der Waals surface area (Å²) in [5.41, 5.74) is 2.42. The fourth-order valence-electron chi connectivity index (χ4n) is 2.43. The van der Waals surface area contributed by atoms with Gasteiger partial charge in [0.2, 0.25) is 0 Å². The number of pyridine rings is 1. The highest BCUT2D eigenvalue weighted by Crippen LogP contribution is 2.16. The first-order chi connectivity index (χ1) is 11.1. The molecule has 0 spiro atoms. The highest BCUT2D eigenvalue weighted by Gasteiger charge is 2.09. The van der Waals surface area contributed by atoms with Gasteiger partial charge in [-0.15, -0.1) is 0 Å². The fourth-order valence-corrected chi connectivity index (χ4v) is 2.43. The monoisotopic (exact) mass is 316 g/mol. The molecule has 0 radical (unpaired) electrons. The van der Waals surface area contributed by atoms with Gasteiger partial charge in [0.1, 0.15) is 17.2 Å². The number of rotatable bonds is 6. The van der Waals surface area contributed by atoms with Crippen LogP contribution >= 0.6 is 0 Å². The zero-order chi connectivity index (χ0) is 16.2. The maximum absolute atomic E-state index is 12.2. The molecular formula is C17H14F2N2O2. The lowest BCUT2D eigenvalue weighted by molar-refractivity contribution is -0.117. The Balaban J connectivity index is 1.66. The number of carbonyl (C=O) groups excluding carboxylic acids is 1. The van der Waals surface area contributed by atoms with E-state index in [9.17, 15) is 13.6 Å². The SMILES string of the molecule is O=C(Cc1ccc(OC(F)F)cc1)Cc1cccc2nccn12. The molecule has 0 saturated heterocycles. The van der Waals surface area contributed by atoms with Crippen molar-refractivity contribution in [1.82, 2.24) is 9.38 Å². The van der Waals surface area contributed by atoms with E-state index in [4.69, 9.17) is 0 Å². The van der Waals surface area contributed by atoms with Crippen molar-refractivity contribution in [3.8, 4) is 5.75 Å². The predicted molar refractivity (Wildman–Crippen MR) is 80.7 cm³/mol. The first-order valence-electron chi connectivity index (χ1n) is 7.08. The van der Waals surface area contributed by atoms with Gasteiger partial charge < -0.3 is 9.14 Å². The molecular weight excluding hydrogens is 302 g/mol. The minimum atomic E-state index is -2.85.